The Morgan fingerprint density at radius 1 is 1.35 bits per heavy atom. The number of aromatic nitrogens is 1. The van der Waals surface area contributed by atoms with Gasteiger partial charge in [0, 0.05) is 22.8 Å². The summed E-state index contributed by atoms with van der Waals surface area (Å²) >= 11 is 3.29. The molecule has 2 aromatic rings. The molecule has 102 valence electrons. The normalized spacial score (nSPS) is 16.6. The zero-order chi connectivity index (χ0) is 14.3. The minimum Gasteiger partial charge on any atom is -0.369 e. The van der Waals surface area contributed by atoms with E-state index < -0.39 is 23.3 Å². The second kappa shape index (κ2) is 4.94. The van der Waals surface area contributed by atoms with Crippen LogP contribution in [0.5, 0.6) is 0 Å². The van der Waals surface area contributed by atoms with Gasteiger partial charge >= 0.3 is 0 Å². The highest BCUT2D eigenvalue weighted by Gasteiger charge is 2.31. The molecule has 1 unspecified atom stereocenters. The Balaban J connectivity index is 2.01. The highest BCUT2D eigenvalue weighted by Crippen LogP contribution is 2.34. The number of carbonyl (C=O) groups excluding carboxylic acids is 1. The average Bonchev–Trinajstić information content (AvgIpc) is 2.83. The molecule has 0 saturated carbocycles. The van der Waals surface area contributed by atoms with Gasteiger partial charge in [-0.25, -0.2) is 13.8 Å². The van der Waals surface area contributed by atoms with Crippen LogP contribution in [0.15, 0.2) is 34.9 Å². The van der Waals surface area contributed by atoms with Crippen molar-refractivity contribution in [3.05, 3.63) is 57.7 Å². The van der Waals surface area contributed by atoms with Crippen molar-refractivity contribution in [1.82, 2.24) is 4.98 Å². The van der Waals surface area contributed by atoms with Crippen LogP contribution >= 0.6 is 15.9 Å². The van der Waals surface area contributed by atoms with Crippen LogP contribution in [-0.4, -0.2) is 17.3 Å². The molecule has 3 rings (SSSR count). The first kappa shape index (κ1) is 13.2. The molecule has 20 heavy (non-hydrogen) atoms. The van der Waals surface area contributed by atoms with E-state index in [-0.39, 0.29) is 5.56 Å². The topological polar surface area (TPSA) is 42.0 Å². The van der Waals surface area contributed by atoms with Crippen molar-refractivity contribution in [2.75, 3.05) is 11.9 Å². The van der Waals surface area contributed by atoms with Crippen molar-refractivity contribution in [3.63, 3.8) is 0 Å². The summed E-state index contributed by atoms with van der Waals surface area (Å²) in [7, 11) is 0. The molecule has 1 aromatic carbocycles. The molecule has 0 saturated heterocycles. The van der Waals surface area contributed by atoms with Crippen LogP contribution in [0.1, 0.15) is 21.8 Å². The third-order valence-corrected chi connectivity index (χ3v) is 3.68. The van der Waals surface area contributed by atoms with Crippen molar-refractivity contribution in [3.8, 4) is 0 Å². The standard InChI is InChI=1S/C14H9BrF2N2O/c15-7-3-9-11(6-19-14(9)18-5-7)13(20)10-4-8(16)1-2-12(10)17/h1-5,11H,6H2,(H,18,19). The van der Waals surface area contributed by atoms with Gasteiger partial charge in [0.05, 0.1) is 11.5 Å². The van der Waals surface area contributed by atoms with E-state index in [1.807, 2.05) is 0 Å². The average molecular weight is 339 g/mol. The fraction of sp³-hybridized carbons (Fsp3) is 0.143. The van der Waals surface area contributed by atoms with E-state index in [4.69, 9.17) is 0 Å². The second-order valence-corrected chi connectivity index (χ2v) is 5.43. The van der Waals surface area contributed by atoms with Gasteiger partial charge in [0.2, 0.25) is 0 Å². The Labute approximate surface area is 122 Å². The molecule has 1 aliphatic heterocycles. The van der Waals surface area contributed by atoms with E-state index >= 15 is 0 Å². The third-order valence-electron chi connectivity index (χ3n) is 3.24. The molecule has 0 fully saturated rings. The van der Waals surface area contributed by atoms with Crippen LogP contribution in [-0.2, 0) is 0 Å². The number of hydrogen-bond donors (Lipinski definition) is 1. The Kier molecular flexibility index (Phi) is 3.25. The zero-order valence-electron chi connectivity index (χ0n) is 10.2. The minimum absolute atomic E-state index is 0.232. The first-order valence-corrected chi connectivity index (χ1v) is 6.74. The van der Waals surface area contributed by atoms with E-state index in [1.165, 1.54) is 0 Å². The molecule has 0 aliphatic carbocycles. The summed E-state index contributed by atoms with van der Waals surface area (Å²) in [6, 6.07) is 4.65. The van der Waals surface area contributed by atoms with Crippen LogP contribution in [0.2, 0.25) is 0 Å². The van der Waals surface area contributed by atoms with E-state index in [2.05, 4.69) is 26.2 Å². The van der Waals surface area contributed by atoms with Gasteiger partial charge in [-0.05, 0) is 40.2 Å². The van der Waals surface area contributed by atoms with Crippen LogP contribution < -0.4 is 5.32 Å². The van der Waals surface area contributed by atoms with Gasteiger partial charge < -0.3 is 5.32 Å². The maximum atomic E-state index is 13.7. The third kappa shape index (κ3) is 2.20. The predicted octanol–water partition coefficient (Wildman–Crippen LogP) is 3.51. The molecule has 1 atom stereocenters. The number of pyridine rings is 1. The summed E-state index contributed by atoms with van der Waals surface area (Å²) in [5.74, 6) is -1.76. The highest BCUT2D eigenvalue weighted by atomic mass is 79.9. The van der Waals surface area contributed by atoms with Crippen molar-refractivity contribution in [2.24, 2.45) is 0 Å². The molecule has 2 heterocycles. The molecule has 0 bridgehead atoms. The minimum atomic E-state index is -0.715. The number of halogens is 3. The first-order valence-electron chi connectivity index (χ1n) is 5.95. The summed E-state index contributed by atoms with van der Waals surface area (Å²) in [4.78, 5) is 16.6. The number of anilines is 1. The number of carbonyl (C=O) groups is 1. The van der Waals surface area contributed by atoms with Crippen molar-refractivity contribution >= 4 is 27.5 Å². The zero-order valence-corrected chi connectivity index (χ0v) is 11.7. The monoisotopic (exact) mass is 338 g/mol. The van der Waals surface area contributed by atoms with Crippen LogP contribution in [0.3, 0.4) is 0 Å². The second-order valence-electron chi connectivity index (χ2n) is 4.51. The fourth-order valence-corrected chi connectivity index (χ4v) is 2.63. The smallest absolute Gasteiger partial charge is 0.175 e. The van der Waals surface area contributed by atoms with Gasteiger partial charge in [0.25, 0.3) is 0 Å². The molecule has 0 amide bonds. The molecule has 3 nitrogen and oxygen atoms in total. The number of hydrogen-bond acceptors (Lipinski definition) is 3. The van der Waals surface area contributed by atoms with Crippen molar-refractivity contribution in [2.45, 2.75) is 5.92 Å². The van der Waals surface area contributed by atoms with Crippen LogP contribution in [0, 0.1) is 11.6 Å². The molecule has 0 radical (unpaired) electrons. The van der Waals surface area contributed by atoms with Gasteiger partial charge in [0.1, 0.15) is 17.5 Å². The molecule has 1 aliphatic rings. The summed E-state index contributed by atoms with van der Waals surface area (Å²) in [5, 5.41) is 2.99. The molecule has 1 aromatic heterocycles. The summed E-state index contributed by atoms with van der Waals surface area (Å²) < 4.78 is 27.6. The lowest BCUT2D eigenvalue weighted by Gasteiger charge is -2.10. The lowest BCUT2D eigenvalue weighted by Crippen LogP contribution is -2.16. The molecule has 0 spiro atoms. The number of benzene rings is 1. The Morgan fingerprint density at radius 3 is 2.95 bits per heavy atom. The van der Waals surface area contributed by atoms with Crippen LogP contribution in [0.25, 0.3) is 0 Å². The largest absolute Gasteiger partial charge is 0.369 e. The lowest BCUT2D eigenvalue weighted by molar-refractivity contribution is 0.0962. The quantitative estimate of drug-likeness (QED) is 0.852. The van der Waals surface area contributed by atoms with Crippen molar-refractivity contribution < 1.29 is 13.6 Å². The highest BCUT2D eigenvalue weighted by molar-refractivity contribution is 9.10. The molecule has 6 heteroatoms. The Hall–Kier alpha value is -1.82. The lowest BCUT2D eigenvalue weighted by atomic mass is 9.93. The maximum Gasteiger partial charge on any atom is 0.175 e. The van der Waals surface area contributed by atoms with Gasteiger partial charge in [-0.2, -0.15) is 0 Å². The maximum absolute atomic E-state index is 13.7. The predicted molar refractivity (Wildman–Crippen MR) is 73.9 cm³/mol. The SMILES string of the molecule is O=C(c1cc(F)ccc1F)C1CNc2ncc(Br)cc21. The first-order chi connectivity index (χ1) is 9.56. The number of nitrogens with one attached hydrogen (secondary N) is 1. The Morgan fingerprint density at radius 2 is 2.15 bits per heavy atom. The summed E-state index contributed by atoms with van der Waals surface area (Å²) in [6.45, 7) is 0.327. The van der Waals surface area contributed by atoms with E-state index in [0.717, 1.165) is 22.7 Å². The molecule has 1 N–H and O–H groups in total. The van der Waals surface area contributed by atoms with Crippen molar-refractivity contribution in [1.29, 1.82) is 0 Å². The van der Waals surface area contributed by atoms with E-state index in [9.17, 15) is 13.6 Å². The van der Waals surface area contributed by atoms with Crippen LogP contribution in [0.4, 0.5) is 14.6 Å². The summed E-state index contributed by atoms with van der Waals surface area (Å²) in [6.07, 6.45) is 1.61. The molecular formula is C14H9BrF2N2O. The van der Waals surface area contributed by atoms with Gasteiger partial charge in [-0.15, -0.1) is 0 Å². The van der Waals surface area contributed by atoms with Gasteiger partial charge in [-0.1, -0.05) is 0 Å². The number of rotatable bonds is 2. The number of nitrogens with zero attached hydrogens (tertiary/aromatic N) is 1. The van der Waals surface area contributed by atoms with E-state index in [1.54, 1.807) is 12.3 Å². The number of ketones is 1. The number of Topliss-reactive ketones (excluding diaryl/α,β-unsaturated/α-hetero) is 1. The Bertz CT molecular complexity index is 706. The fourth-order valence-electron chi connectivity index (χ4n) is 2.28. The summed E-state index contributed by atoms with van der Waals surface area (Å²) in [5.41, 5.74) is 0.456. The van der Waals surface area contributed by atoms with E-state index in [0.29, 0.717) is 17.9 Å². The van der Waals surface area contributed by atoms with Gasteiger partial charge in [0.15, 0.2) is 5.78 Å². The van der Waals surface area contributed by atoms with Gasteiger partial charge in [-0.3, -0.25) is 4.79 Å². The number of fused-ring (bicyclic) bond motifs is 1. The molecular weight excluding hydrogens is 330 g/mol.